The molecular formula is C33H64O2. The van der Waals surface area contributed by atoms with E-state index in [9.17, 15) is 4.79 Å². The van der Waals surface area contributed by atoms with Crippen LogP contribution in [0.5, 0.6) is 0 Å². The van der Waals surface area contributed by atoms with Crippen LogP contribution in [-0.2, 0) is 9.53 Å². The van der Waals surface area contributed by atoms with Crippen molar-refractivity contribution in [1.82, 2.24) is 0 Å². The van der Waals surface area contributed by atoms with Gasteiger partial charge >= 0.3 is 5.97 Å². The van der Waals surface area contributed by atoms with Gasteiger partial charge in [0.15, 0.2) is 0 Å². The van der Waals surface area contributed by atoms with Crippen LogP contribution in [0.2, 0.25) is 0 Å². The number of rotatable bonds is 29. The lowest BCUT2D eigenvalue weighted by Crippen LogP contribution is -2.05. The van der Waals surface area contributed by atoms with E-state index >= 15 is 0 Å². The topological polar surface area (TPSA) is 26.3 Å². The molecule has 0 atom stereocenters. The molecule has 35 heavy (non-hydrogen) atoms. The first-order chi connectivity index (χ1) is 17.3. The molecule has 0 N–H and O–H groups in total. The van der Waals surface area contributed by atoms with Gasteiger partial charge in [0.1, 0.15) is 0 Å². The number of unbranched alkanes of at least 4 members (excludes halogenated alkanes) is 23. The second kappa shape index (κ2) is 31.2. The van der Waals surface area contributed by atoms with E-state index in [0.717, 1.165) is 32.1 Å². The fraction of sp³-hybridized carbons (Fsp3) is 0.909. The quantitative estimate of drug-likeness (QED) is 0.0589. The van der Waals surface area contributed by atoms with Gasteiger partial charge in [0.2, 0.25) is 0 Å². The van der Waals surface area contributed by atoms with Crippen molar-refractivity contribution in [1.29, 1.82) is 0 Å². The second-order valence-corrected chi connectivity index (χ2v) is 10.8. The van der Waals surface area contributed by atoms with Gasteiger partial charge in [0, 0.05) is 6.42 Å². The van der Waals surface area contributed by atoms with Crippen molar-refractivity contribution in [3.8, 4) is 0 Å². The Morgan fingerprint density at radius 3 is 1.29 bits per heavy atom. The van der Waals surface area contributed by atoms with Crippen LogP contribution in [0.15, 0.2) is 12.2 Å². The smallest absolute Gasteiger partial charge is 0.305 e. The molecule has 0 aliphatic carbocycles. The summed E-state index contributed by atoms with van der Waals surface area (Å²) in [7, 11) is 0. The number of allylic oxidation sites excluding steroid dienone is 2. The standard InChI is InChI=1S/C33H64O2/c1-3-5-7-9-11-12-13-14-15-16-17-18-19-20-21-22-23-24-25-26-27-29-31-33(34)35-32-30-28-10-8-6-4-2/h6,8H,3-5,7,9-32H2,1-2H3/b8-6+. The van der Waals surface area contributed by atoms with E-state index < -0.39 is 0 Å². The number of carbonyl (C=O) groups excluding carboxylic acids is 1. The average Bonchev–Trinajstić information content (AvgIpc) is 2.86. The molecule has 2 nitrogen and oxygen atoms in total. The highest BCUT2D eigenvalue weighted by molar-refractivity contribution is 5.69. The Kier molecular flexibility index (Phi) is 30.5. The number of hydrogen-bond donors (Lipinski definition) is 0. The first kappa shape index (κ1) is 34.2. The van der Waals surface area contributed by atoms with E-state index in [1.165, 1.54) is 135 Å². The lowest BCUT2D eigenvalue weighted by Gasteiger charge is -2.05. The van der Waals surface area contributed by atoms with E-state index in [2.05, 4.69) is 26.0 Å². The summed E-state index contributed by atoms with van der Waals surface area (Å²) in [6, 6.07) is 0. The zero-order valence-electron chi connectivity index (χ0n) is 24.3. The summed E-state index contributed by atoms with van der Waals surface area (Å²) < 4.78 is 5.33. The predicted octanol–water partition coefficient (Wildman–Crippen LogP) is 11.7. The van der Waals surface area contributed by atoms with E-state index in [1.54, 1.807) is 0 Å². The zero-order valence-corrected chi connectivity index (χ0v) is 24.3. The van der Waals surface area contributed by atoms with Gasteiger partial charge in [-0.15, -0.1) is 0 Å². The Hall–Kier alpha value is -0.790. The molecule has 0 aromatic heterocycles. The van der Waals surface area contributed by atoms with Gasteiger partial charge in [-0.25, -0.2) is 0 Å². The maximum Gasteiger partial charge on any atom is 0.305 e. The minimum Gasteiger partial charge on any atom is -0.466 e. The molecule has 0 amide bonds. The van der Waals surface area contributed by atoms with Gasteiger partial charge in [0.25, 0.3) is 0 Å². The van der Waals surface area contributed by atoms with Crippen molar-refractivity contribution in [2.45, 2.75) is 187 Å². The Labute approximate surface area is 221 Å². The molecule has 0 aliphatic heterocycles. The molecule has 0 unspecified atom stereocenters. The zero-order chi connectivity index (χ0) is 25.5. The third-order valence-corrected chi connectivity index (χ3v) is 7.17. The molecule has 0 saturated carbocycles. The van der Waals surface area contributed by atoms with Crippen LogP contribution in [0.4, 0.5) is 0 Å². The van der Waals surface area contributed by atoms with Crippen molar-refractivity contribution >= 4 is 5.97 Å². The summed E-state index contributed by atoms with van der Waals surface area (Å²) in [6.07, 6.45) is 40.0. The highest BCUT2D eigenvalue weighted by Crippen LogP contribution is 2.15. The number of carbonyl (C=O) groups is 1. The summed E-state index contributed by atoms with van der Waals surface area (Å²) >= 11 is 0. The summed E-state index contributed by atoms with van der Waals surface area (Å²) in [5, 5.41) is 0. The first-order valence-electron chi connectivity index (χ1n) is 16.1. The lowest BCUT2D eigenvalue weighted by molar-refractivity contribution is -0.143. The van der Waals surface area contributed by atoms with Gasteiger partial charge in [-0.2, -0.15) is 0 Å². The van der Waals surface area contributed by atoms with E-state index in [4.69, 9.17) is 4.74 Å². The van der Waals surface area contributed by atoms with Crippen LogP contribution < -0.4 is 0 Å². The molecule has 0 aromatic rings. The first-order valence-corrected chi connectivity index (χ1v) is 16.1. The second-order valence-electron chi connectivity index (χ2n) is 10.8. The van der Waals surface area contributed by atoms with Gasteiger partial charge in [-0.1, -0.05) is 161 Å². The molecule has 0 fully saturated rings. The minimum absolute atomic E-state index is 0.00210. The molecule has 2 heteroatoms. The highest BCUT2D eigenvalue weighted by atomic mass is 16.5. The molecular weight excluding hydrogens is 428 g/mol. The van der Waals surface area contributed by atoms with Crippen LogP contribution in [0, 0.1) is 0 Å². The summed E-state index contributed by atoms with van der Waals surface area (Å²) in [4.78, 5) is 11.8. The van der Waals surface area contributed by atoms with E-state index in [-0.39, 0.29) is 5.97 Å². The Morgan fingerprint density at radius 1 is 0.486 bits per heavy atom. The van der Waals surface area contributed by atoms with Crippen molar-refractivity contribution < 1.29 is 9.53 Å². The maximum atomic E-state index is 11.8. The molecule has 0 aromatic carbocycles. The van der Waals surface area contributed by atoms with Crippen LogP contribution in [-0.4, -0.2) is 12.6 Å². The molecule has 0 rings (SSSR count). The third kappa shape index (κ3) is 31.2. The van der Waals surface area contributed by atoms with Gasteiger partial charge in [-0.3, -0.25) is 4.79 Å². The van der Waals surface area contributed by atoms with Gasteiger partial charge < -0.3 is 4.74 Å². The summed E-state index contributed by atoms with van der Waals surface area (Å²) in [5.41, 5.74) is 0. The van der Waals surface area contributed by atoms with E-state index in [1.807, 2.05) is 0 Å². The molecule has 0 radical (unpaired) electrons. The highest BCUT2D eigenvalue weighted by Gasteiger charge is 2.02. The summed E-state index contributed by atoms with van der Waals surface area (Å²) in [5.74, 6) is 0.00210. The molecule has 0 aliphatic rings. The van der Waals surface area contributed by atoms with Crippen LogP contribution in [0.1, 0.15) is 187 Å². The van der Waals surface area contributed by atoms with Gasteiger partial charge in [-0.05, 0) is 32.1 Å². The fourth-order valence-corrected chi connectivity index (χ4v) is 4.79. The SMILES string of the molecule is CC/C=C/CCCCOC(=O)CCCCCCCCCCCCCCCCCCCCCCCC. The average molecular weight is 493 g/mol. The van der Waals surface area contributed by atoms with Crippen LogP contribution in [0.3, 0.4) is 0 Å². The Morgan fingerprint density at radius 2 is 0.886 bits per heavy atom. The van der Waals surface area contributed by atoms with Crippen molar-refractivity contribution in [3.05, 3.63) is 12.2 Å². The number of ether oxygens (including phenoxy) is 1. The molecule has 0 spiro atoms. The predicted molar refractivity (Wildman–Crippen MR) is 156 cm³/mol. The van der Waals surface area contributed by atoms with E-state index in [0.29, 0.717) is 13.0 Å². The number of esters is 1. The van der Waals surface area contributed by atoms with Crippen molar-refractivity contribution in [3.63, 3.8) is 0 Å². The number of hydrogen-bond acceptors (Lipinski definition) is 2. The maximum absolute atomic E-state index is 11.8. The molecule has 0 saturated heterocycles. The fourth-order valence-electron chi connectivity index (χ4n) is 4.79. The van der Waals surface area contributed by atoms with Crippen molar-refractivity contribution in [2.75, 3.05) is 6.61 Å². The molecule has 0 bridgehead atoms. The Bertz CT molecular complexity index is 429. The van der Waals surface area contributed by atoms with Crippen LogP contribution >= 0.6 is 0 Å². The summed E-state index contributed by atoms with van der Waals surface area (Å²) in [6.45, 7) is 5.04. The minimum atomic E-state index is 0.00210. The normalized spacial score (nSPS) is 11.5. The van der Waals surface area contributed by atoms with Crippen LogP contribution in [0.25, 0.3) is 0 Å². The molecule has 0 heterocycles. The molecule has 208 valence electrons. The Balaban J connectivity index is 3.12. The van der Waals surface area contributed by atoms with Crippen molar-refractivity contribution in [2.24, 2.45) is 0 Å². The largest absolute Gasteiger partial charge is 0.466 e. The lowest BCUT2D eigenvalue weighted by atomic mass is 10.0. The third-order valence-electron chi connectivity index (χ3n) is 7.17. The monoisotopic (exact) mass is 492 g/mol. The van der Waals surface area contributed by atoms with Gasteiger partial charge in [0.05, 0.1) is 6.61 Å².